The Kier molecular flexibility index (Phi) is 8.54. The molecular formula is C22H23ClN2O5. The van der Waals surface area contributed by atoms with E-state index in [4.69, 9.17) is 21.1 Å². The first kappa shape index (κ1) is 23.1. The molecule has 8 heteroatoms. The van der Waals surface area contributed by atoms with Gasteiger partial charge in [0.05, 0.1) is 37.1 Å². The molecule has 30 heavy (non-hydrogen) atoms. The predicted molar refractivity (Wildman–Crippen MR) is 116 cm³/mol. The van der Waals surface area contributed by atoms with Crippen LogP contribution in [-0.2, 0) is 0 Å². The lowest BCUT2D eigenvalue weighted by Crippen LogP contribution is -2.17. The highest BCUT2D eigenvalue weighted by Crippen LogP contribution is 2.31. The summed E-state index contributed by atoms with van der Waals surface area (Å²) >= 11 is 5.81. The van der Waals surface area contributed by atoms with Gasteiger partial charge in [-0.15, -0.1) is 0 Å². The zero-order chi connectivity index (χ0) is 22.1. The van der Waals surface area contributed by atoms with E-state index in [9.17, 15) is 15.0 Å². The number of carbonyl (C=O) groups is 1. The molecule has 2 aromatic rings. The Morgan fingerprint density at radius 1 is 1.30 bits per heavy atom. The Labute approximate surface area is 180 Å². The van der Waals surface area contributed by atoms with Gasteiger partial charge in [-0.2, -0.15) is 5.10 Å². The molecule has 0 aliphatic carbocycles. The maximum atomic E-state index is 12.2. The van der Waals surface area contributed by atoms with E-state index in [2.05, 4.69) is 22.4 Å². The molecule has 7 nitrogen and oxygen atoms in total. The lowest BCUT2D eigenvalue weighted by Gasteiger charge is -2.11. The Bertz CT molecular complexity index is 995. The molecule has 1 amide bonds. The van der Waals surface area contributed by atoms with Crippen molar-refractivity contribution < 1.29 is 24.5 Å². The van der Waals surface area contributed by atoms with Crippen molar-refractivity contribution in [3.8, 4) is 29.1 Å². The zero-order valence-electron chi connectivity index (χ0n) is 16.9. The van der Waals surface area contributed by atoms with Gasteiger partial charge in [0.2, 0.25) is 0 Å². The molecular weight excluding hydrogens is 408 g/mol. The van der Waals surface area contributed by atoms with E-state index in [1.807, 2.05) is 6.92 Å². The smallest absolute Gasteiger partial charge is 0.271 e. The normalized spacial score (nSPS) is 11.5. The van der Waals surface area contributed by atoms with Gasteiger partial charge in [0.1, 0.15) is 5.75 Å². The number of carbonyl (C=O) groups excluding carboxylic acids is 1. The number of aliphatic hydroxyl groups is 1. The number of hydrazone groups is 1. The Balaban J connectivity index is 2.22. The summed E-state index contributed by atoms with van der Waals surface area (Å²) in [5.74, 6) is 6.24. The number of hydrogen-bond donors (Lipinski definition) is 3. The standard InChI is InChI=1S/C22H23ClN2O5/c1-4-17(26)7-5-6-15-10-14(11-20(29-2)21(15)30-3)13-24-25-22(28)16-8-9-19(27)18(23)12-16/h8-13,17,26-27H,4,7H2,1-3H3,(H,25,28). The van der Waals surface area contributed by atoms with Crippen LogP contribution >= 0.6 is 11.6 Å². The number of phenolic OH excluding ortho intramolecular Hbond substituents is 1. The van der Waals surface area contributed by atoms with Gasteiger partial charge >= 0.3 is 0 Å². The van der Waals surface area contributed by atoms with Crippen molar-refractivity contribution in [3.63, 3.8) is 0 Å². The van der Waals surface area contributed by atoms with Crippen LogP contribution in [0.3, 0.4) is 0 Å². The molecule has 0 heterocycles. The van der Waals surface area contributed by atoms with E-state index in [1.165, 1.54) is 38.6 Å². The average molecular weight is 431 g/mol. The minimum atomic E-state index is -0.487. The molecule has 0 aliphatic rings. The van der Waals surface area contributed by atoms with Crippen molar-refractivity contribution in [2.45, 2.75) is 25.9 Å². The minimum absolute atomic E-state index is 0.0722. The molecule has 0 saturated carbocycles. The van der Waals surface area contributed by atoms with Gasteiger partial charge in [0.15, 0.2) is 11.5 Å². The first-order chi connectivity index (χ1) is 14.4. The van der Waals surface area contributed by atoms with Crippen LogP contribution in [0, 0.1) is 11.8 Å². The molecule has 0 aliphatic heterocycles. The molecule has 2 aromatic carbocycles. The van der Waals surface area contributed by atoms with Gasteiger partial charge < -0.3 is 19.7 Å². The largest absolute Gasteiger partial charge is 0.506 e. The quantitative estimate of drug-likeness (QED) is 0.355. The molecule has 0 saturated heterocycles. The first-order valence-corrected chi connectivity index (χ1v) is 9.52. The summed E-state index contributed by atoms with van der Waals surface area (Å²) in [5.41, 5.74) is 3.84. The van der Waals surface area contributed by atoms with Crippen LogP contribution in [0.25, 0.3) is 0 Å². The number of nitrogens with zero attached hydrogens (tertiary/aromatic N) is 1. The second-order valence-corrected chi connectivity index (χ2v) is 6.64. The summed E-state index contributed by atoms with van der Waals surface area (Å²) in [4.78, 5) is 12.2. The van der Waals surface area contributed by atoms with E-state index in [1.54, 1.807) is 12.1 Å². The number of hydrogen-bond acceptors (Lipinski definition) is 6. The summed E-state index contributed by atoms with van der Waals surface area (Å²) < 4.78 is 10.7. The van der Waals surface area contributed by atoms with Gasteiger partial charge in [-0.25, -0.2) is 5.43 Å². The Morgan fingerprint density at radius 2 is 2.07 bits per heavy atom. The number of nitrogens with one attached hydrogen (secondary N) is 1. The van der Waals surface area contributed by atoms with Crippen molar-refractivity contribution in [2.75, 3.05) is 14.2 Å². The third-order valence-corrected chi connectivity index (χ3v) is 4.43. The highest BCUT2D eigenvalue weighted by molar-refractivity contribution is 6.32. The fourth-order valence-electron chi connectivity index (χ4n) is 2.44. The lowest BCUT2D eigenvalue weighted by atomic mass is 10.1. The van der Waals surface area contributed by atoms with Crippen LogP contribution in [0.1, 0.15) is 41.3 Å². The molecule has 2 rings (SSSR count). The van der Waals surface area contributed by atoms with Gasteiger partial charge in [0, 0.05) is 12.0 Å². The SMILES string of the molecule is CCC(O)CC#Cc1cc(C=NNC(=O)c2ccc(O)c(Cl)c2)cc(OC)c1OC. The average Bonchev–Trinajstić information content (AvgIpc) is 2.74. The zero-order valence-corrected chi connectivity index (χ0v) is 17.7. The summed E-state index contributed by atoms with van der Waals surface area (Å²) in [6.07, 6.45) is 1.91. The predicted octanol–water partition coefficient (Wildman–Crippen LogP) is 3.34. The fourth-order valence-corrected chi connectivity index (χ4v) is 2.62. The lowest BCUT2D eigenvalue weighted by molar-refractivity contribution is 0.0955. The second kappa shape index (κ2) is 11.1. The minimum Gasteiger partial charge on any atom is -0.506 e. The van der Waals surface area contributed by atoms with E-state index >= 15 is 0 Å². The van der Waals surface area contributed by atoms with Crippen molar-refractivity contribution in [2.24, 2.45) is 5.10 Å². The number of aromatic hydroxyl groups is 1. The first-order valence-electron chi connectivity index (χ1n) is 9.14. The van der Waals surface area contributed by atoms with Crippen LogP contribution < -0.4 is 14.9 Å². The van der Waals surface area contributed by atoms with Gasteiger partial charge in [-0.05, 0) is 42.3 Å². The molecule has 158 valence electrons. The van der Waals surface area contributed by atoms with Crippen molar-refractivity contribution >= 4 is 23.7 Å². The molecule has 0 aromatic heterocycles. The third kappa shape index (κ3) is 6.14. The molecule has 1 atom stereocenters. The maximum Gasteiger partial charge on any atom is 0.271 e. The Morgan fingerprint density at radius 3 is 2.70 bits per heavy atom. The topological polar surface area (TPSA) is 100 Å². The summed E-state index contributed by atoms with van der Waals surface area (Å²) in [6.45, 7) is 1.88. The number of methoxy groups -OCH3 is 2. The summed E-state index contributed by atoms with van der Waals surface area (Å²) in [5, 5.41) is 23.1. The van der Waals surface area contributed by atoms with Crippen LogP contribution in [-0.4, -0.2) is 42.7 Å². The van der Waals surface area contributed by atoms with Gasteiger partial charge in [0.25, 0.3) is 5.91 Å². The molecule has 1 unspecified atom stereocenters. The highest BCUT2D eigenvalue weighted by Gasteiger charge is 2.11. The number of ether oxygens (including phenoxy) is 2. The Hall–Kier alpha value is -3.21. The number of phenols is 1. The molecule has 0 spiro atoms. The van der Waals surface area contributed by atoms with Gasteiger partial charge in [-0.3, -0.25) is 4.79 Å². The van der Waals surface area contributed by atoms with E-state index < -0.39 is 12.0 Å². The van der Waals surface area contributed by atoms with E-state index in [0.29, 0.717) is 35.5 Å². The van der Waals surface area contributed by atoms with Crippen molar-refractivity contribution in [1.29, 1.82) is 0 Å². The van der Waals surface area contributed by atoms with Crippen LogP contribution in [0.2, 0.25) is 5.02 Å². The monoisotopic (exact) mass is 430 g/mol. The summed E-state index contributed by atoms with van der Waals surface area (Å²) in [7, 11) is 3.02. The van der Waals surface area contributed by atoms with Crippen LogP contribution in [0.4, 0.5) is 0 Å². The molecule has 0 bridgehead atoms. The van der Waals surface area contributed by atoms with Crippen LogP contribution in [0.15, 0.2) is 35.4 Å². The number of aliphatic hydroxyl groups excluding tert-OH is 1. The maximum absolute atomic E-state index is 12.2. The van der Waals surface area contributed by atoms with Crippen LogP contribution in [0.5, 0.6) is 17.2 Å². The molecule has 0 radical (unpaired) electrons. The third-order valence-electron chi connectivity index (χ3n) is 4.12. The summed E-state index contributed by atoms with van der Waals surface area (Å²) in [6, 6.07) is 7.53. The van der Waals surface area contributed by atoms with Crippen molar-refractivity contribution in [3.05, 3.63) is 52.0 Å². The number of amides is 1. The van der Waals surface area contributed by atoms with E-state index in [0.717, 1.165) is 0 Å². The van der Waals surface area contributed by atoms with Crippen molar-refractivity contribution in [1.82, 2.24) is 5.43 Å². The number of halogens is 1. The van der Waals surface area contributed by atoms with Gasteiger partial charge in [-0.1, -0.05) is 30.4 Å². The molecule has 0 fully saturated rings. The highest BCUT2D eigenvalue weighted by atomic mass is 35.5. The molecule has 3 N–H and O–H groups in total. The number of benzene rings is 2. The second-order valence-electron chi connectivity index (χ2n) is 6.24. The van der Waals surface area contributed by atoms with E-state index in [-0.39, 0.29) is 16.3 Å². The number of rotatable bonds is 7. The fraction of sp³-hybridized carbons (Fsp3) is 0.273.